The summed E-state index contributed by atoms with van der Waals surface area (Å²) in [6, 6.07) is 17.6. The van der Waals surface area contributed by atoms with Crippen LogP contribution in [-0.2, 0) is 0 Å². The molecule has 0 amide bonds. The summed E-state index contributed by atoms with van der Waals surface area (Å²) in [6.45, 7) is 1.44. The number of hydrogen-bond donors (Lipinski definition) is 3. The van der Waals surface area contributed by atoms with Crippen LogP contribution in [0, 0.1) is 0 Å². The lowest BCUT2D eigenvalue weighted by Crippen LogP contribution is -2.41. The number of guanidine groups is 1. The zero-order valence-electron chi connectivity index (χ0n) is 16.4. The fraction of sp³-hybridized carbons (Fsp3) is 0.286. The number of nitrogens with zero attached hydrogens (tertiary/aromatic N) is 1. The van der Waals surface area contributed by atoms with Gasteiger partial charge >= 0.3 is 0 Å². The number of aliphatic imine (C=N–C) groups is 1. The Hall–Kier alpha value is -2.04. The fourth-order valence-electron chi connectivity index (χ4n) is 2.71. The van der Waals surface area contributed by atoms with Gasteiger partial charge in [0.15, 0.2) is 5.96 Å². The first-order valence-corrected chi connectivity index (χ1v) is 9.89. The summed E-state index contributed by atoms with van der Waals surface area (Å²) < 4.78 is 12.1. The molecule has 1 heterocycles. The molecule has 0 aliphatic heterocycles. The summed E-state index contributed by atoms with van der Waals surface area (Å²) in [7, 11) is 3.33. The van der Waals surface area contributed by atoms with E-state index in [9.17, 15) is 5.11 Å². The second-order valence-electron chi connectivity index (χ2n) is 6.11. The van der Waals surface area contributed by atoms with E-state index in [0.717, 1.165) is 21.8 Å². The number of thiophene rings is 1. The fourth-order valence-corrected chi connectivity index (χ4v) is 3.76. The van der Waals surface area contributed by atoms with E-state index in [0.29, 0.717) is 25.7 Å². The summed E-state index contributed by atoms with van der Waals surface area (Å²) in [5.41, 5.74) is 0. The number of halogens is 1. The summed E-state index contributed by atoms with van der Waals surface area (Å²) in [5, 5.41) is 17.9. The number of methoxy groups -OCH3 is 1. The summed E-state index contributed by atoms with van der Waals surface area (Å²) >= 11 is 1.61. The predicted octanol–water partition coefficient (Wildman–Crippen LogP) is 3.81. The van der Waals surface area contributed by atoms with E-state index in [-0.39, 0.29) is 24.0 Å². The van der Waals surface area contributed by atoms with Crippen LogP contribution in [0.5, 0.6) is 11.5 Å². The van der Waals surface area contributed by atoms with Gasteiger partial charge in [-0.2, -0.15) is 0 Å². The van der Waals surface area contributed by atoms with E-state index < -0.39 is 6.10 Å². The number of hydrogen-bond acceptors (Lipinski definition) is 5. The maximum absolute atomic E-state index is 10.5. The van der Waals surface area contributed by atoms with Crippen molar-refractivity contribution in [2.45, 2.75) is 6.10 Å². The summed E-state index contributed by atoms with van der Waals surface area (Å²) in [5.74, 6) is 2.14. The number of fused-ring (bicyclic) bond motifs is 1. The van der Waals surface area contributed by atoms with Crippen LogP contribution < -0.4 is 20.1 Å². The van der Waals surface area contributed by atoms with Crippen molar-refractivity contribution in [1.29, 1.82) is 0 Å². The van der Waals surface area contributed by atoms with Gasteiger partial charge in [0.05, 0.1) is 13.7 Å². The third-order valence-electron chi connectivity index (χ3n) is 4.16. The van der Waals surface area contributed by atoms with E-state index in [4.69, 9.17) is 9.47 Å². The van der Waals surface area contributed by atoms with Crippen LogP contribution in [0.4, 0.5) is 0 Å². The molecule has 6 nitrogen and oxygen atoms in total. The van der Waals surface area contributed by atoms with Gasteiger partial charge in [-0.1, -0.05) is 24.3 Å². The van der Waals surface area contributed by atoms with E-state index >= 15 is 0 Å². The number of benzene rings is 2. The van der Waals surface area contributed by atoms with Crippen LogP contribution in [0.15, 0.2) is 59.6 Å². The lowest BCUT2D eigenvalue weighted by Gasteiger charge is -2.15. The molecule has 0 aliphatic rings. The molecule has 8 heteroatoms. The van der Waals surface area contributed by atoms with Crippen LogP contribution in [0.2, 0.25) is 0 Å². The molecule has 3 aromatic rings. The molecule has 0 radical (unpaired) electrons. The molecule has 2 aromatic carbocycles. The first-order valence-electron chi connectivity index (χ1n) is 9.07. The quantitative estimate of drug-likeness (QED) is 0.180. The Labute approximate surface area is 192 Å². The standard InChI is InChI=1S/C21H25N3O3S.HI/c1-22-21(23-10-11-27-17-8-5-7-16(13-17)26-2)24-14-18(25)20-12-15-6-3-4-9-19(15)28-20;/h3-9,12-13,18,25H,10-11,14H2,1-2H3,(H2,22,23,24);1H. The van der Waals surface area contributed by atoms with Crippen molar-refractivity contribution in [3.05, 3.63) is 59.5 Å². The predicted molar refractivity (Wildman–Crippen MR) is 130 cm³/mol. The van der Waals surface area contributed by atoms with Gasteiger partial charge in [-0.3, -0.25) is 4.99 Å². The Bertz CT molecular complexity index is 899. The van der Waals surface area contributed by atoms with E-state index in [1.165, 1.54) is 4.70 Å². The second-order valence-corrected chi connectivity index (χ2v) is 7.23. The van der Waals surface area contributed by atoms with E-state index in [2.05, 4.69) is 27.8 Å². The van der Waals surface area contributed by atoms with Crippen molar-refractivity contribution < 1.29 is 14.6 Å². The van der Waals surface area contributed by atoms with Gasteiger partial charge in [-0.15, -0.1) is 35.3 Å². The zero-order valence-corrected chi connectivity index (χ0v) is 19.6. The maximum Gasteiger partial charge on any atom is 0.191 e. The van der Waals surface area contributed by atoms with Crippen LogP contribution >= 0.6 is 35.3 Å². The van der Waals surface area contributed by atoms with Crippen LogP contribution in [0.25, 0.3) is 10.1 Å². The van der Waals surface area contributed by atoms with Gasteiger partial charge in [-0.05, 0) is 29.7 Å². The Kier molecular flexibility index (Phi) is 9.49. The molecule has 0 saturated carbocycles. The minimum atomic E-state index is -0.594. The van der Waals surface area contributed by atoms with Gasteiger partial charge in [0.2, 0.25) is 0 Å². The Morgan fingerprint density at radius 1 is 1.10 bits per heavy atom. The van der Waals surface area contributed by atoms with Crippen molar-refractivity contribution >= 4 is 51.4 Å². The molecule has 1 unspecified atom stereocenters. The maximum atomic E-state index is 10.5. The van der Waals surface area contributed by atoms with E-state index in [1.54, 1.807) is 25.5 Å². The Balaban J connectivity index is 0.00000300. The lowest BCUT2D eigenvalue weighted by atomic mass is 10.2. The number of nitrogens with one attached hydrogen (secondary N) is 2. The number of aliphatic hydroxyl groups excluding tert-OH is 1. The monoisotopic (exact) mass is 527 g/mol. The second kappa shape index (κ2) is 11.8. The van der Waals surface area contributed by atoms with Gasteiger partial charge in [0.25, 0.3) is 0 Å². The number of ether oxygens (including phenoxy) is 2. The molecule has 0 bridgehead atoms. The summed E-state index contributed by atoms with van der Waals surface area (Å²) in [4.78, 5) is 5.12. The topological polar surface area (TPSA) is 75.1 Å². The Morgan fingerprint density at radius 3 is 2.66 bits per heavy atom. The van der Waals surface area contributed by atoms with Crippen molar-refractivity contribution in [3.63, 3.8) is 0 Å². The molecule has 3 N–H and O–H groups in total. The molecule has 0 spiro atoms. The lowest BCUT2D eigenvalue weighted by molar-refractivity contribution is 0.184. The molecule has 0 aliphatic carbocycles. The van der Waals surface area contributed by atoms with Crippen LogP contribution in [0.3, 0.4) is 0 Å². The first-order chi connectivity index (χ1) is 13.7. The van der Waals surface area contributed by atoms with Gasteiger partial charge in [-0.25, -0.2) is 0 Å². The number of rotatable bonds is 8. The van der Waals surface area contributed by atoms with Crippen molar-refractivity contribution in [2.75, 3.05) is 33.9 Å². The SMILES string of the molecule is CN=C(NCCOc1cccc(OC)c1)NCC(O)c1cc2ccccc2s1.I. The zero-order chi connectivity index (χ0) is 19.8. The highest BCUT2D eigenvalue weighted by atomic mass is 127. The molecule has 3 rings (SSSR count). The Morgan fingerprint density at radius 2 is 1.90 bits per heavy atom. The van der Waals surface area contributed by atoms with Crippen molar-refractivity contribution in [2.24, 2.45) is 4.99 Å². The molecule has 0 fully saturated rings. The summed E-state index contributed by atoms with van der Waals surface area (Å²) in [6.07, 6.45) is -0.594. The largest absolute Gasteiger partial charge is 0.497 e. The first kappa shape index (κ1) is 23.2. The van der Waals surface area contributed by atoms with Crippen molar-refractivity contribution in [1.82, 2.24) is 10.6 Å². The van der Waals surface area contributed by atoms with Gasteiger partial charge in [0, 0.05) is 29.2 Å². The highest BCUT2D eigenvalue weighted by Gasteiger charge is 2.12. The van der Waals surface area contributed by atoms with Crippen molar-refractivity contribution in [3.8, 4) is 11.5 Å². The highest BCUT2D eigenvalue weighted by molar-refractivity contribution is 14.0. The average molecular weight is 527 g/mol. The molecule has 1 atom stereocenters. The third-order valence-corrected chi connectivity index (χ3v) is 5.38. The number of aliphatic hydroxyl groups is 1. The normalized spacial score (nSPS) is 12.2. The van der Waals surface area contributed by atoms with Crippen LogP contribution in [0.1, 0.15) is 11.0 Å². The average Bonchev–Trinajstić information content (AvgIpc) is 3.17. The van der Waals surface area contributed by atoms with Gasteiger partial charge < -0.3 is 25.2 Å². The molecule has 0 saturated heterocycles. The van der Waals surface area contributed by atoms with Crippen LogP contribution in [-0.4, -0.2) is 44.9 Å². The molecular weight excluding hydrogens is 501 g/mol. The highest BCUT2D eigenvalue weighted by Crippen LogP contribution is 2.29. The molecule has 156 valence electrons. The smallest absolute Gasteiger partial charge is 0.191 e. The van der Waals surface area contributed by atoms with Gasteiger partial charge in [0.1, 0.15) is 24.2 Å². The minimum Gasteiger partial charge on any atom is -0.497 e. The third kappa shape index (κ3) is 6.76. The minimum absolute atomic E-state index is 0. The molecular formula is C21H26IN3O3S. The van der Waals surface area contributed by atoms with E-state index in [1.807, 2.05) is 42.5 Å². The molecule has 1 aromatic heterocycles. The molecule has 29 heavy (non-hydrogen) atoms.